The lowest BCUT2D eigenvalue weighted by Gasteiger charge is -2.31. The summed E-state index contributed by atoms with van der Waals surface area (Å²) in [6.45, 7) is 6.31. The number of hydrogen-bond donors (Lipinski definition) is 1. The van der Waals surface area contributed by atoms with E-state index in [-0.39, 0.29) is 23.9 Å². The summed E-state index contributed by atoms with van der Waals surface area (Å²) in [7, 11) is 1.60. The summed E-state index contributed by atoms with van der Waals surface area (Å²) in [4.78, 5) is 27.3. The van der Waals surface area contributed by atoms with Crippen molar-refractivity contribution in [2.75, 3.05) is 19.6 Å². The van der Waals surface area contributed by atoms with Crippen molar-refractivity contribution < 1.29 is 4.79 Å². The van der Waals surface area contributed by atoms with Gasteiger partial charge in [0.05, 0.1) is 23.5 Å². The highest BCUT2D eigenvalue weighted by atomic mass is 35.5. The van der Waals surface area contributed by atoms with Crippen LogP contribution < -0.4 is 10.9 Å². The lowest BCUT2D eigenvalue weighted by Crippen LogP contribution is -2.39. The van der Waals surface area contributed by atoms with Gasteiger partial charge in [0.25, 0.3) is 5.56 Å². The van der Waals surface area contributed by atoms with E-state index >= 15 is 0 Å². The van der Waals surface area contributed by atoms with E-state index < -0.39 is 0 Å². The first-order chi connectivity index (χ1) is 14.5. The summed E-state index contributed by atoms with van der Waals surface area (Å²) < 4.78 is 1.29. The molecule has 3 rings (SSSR count). The van der Waals surface area contributed by atoms with Gasteiger partial charge in [-0.05, 0) is 30.8 Å². The number of hydrogen-bond acceptors (Lipinski definition) is 4. The Labute approximate surface area is 181 Å². The number of nitrogens with one attached hydrogen (secondary N) is 1. The number of aryl methyl sites for hydroxylation is 1. The standard InChI is InChI=1S/C23H27ClN4O2/c1-4-28(5-2)21(18-12-8-9-13-19(18)24)15-25-22(29)14-20-16-10-6-7-11-17(16)23(30)27(3)26-20/h6-13,21H,4-5,14-15H2,1-3H3,(H,25,29). The monoisotopic (exact) mass is 426 g/mol. The number of amides is 1. The number of benzene rings is 2. The average Bonchev–Trinajstić information content (AvgIpc) is 2.75. The fraction of sp³-hybridized carbons (Fsp3) is 0.348. The van der Waals surface area contributed by atoms with Gasteiger partial charge in [-0.1, -0.05) is 61.8 Å². The number of nitrogens with zero attached hydrogens (tertiary/aromatic N) is 3. The van der Waals surface area contributed by atoms with Crippen LogP contribution in [0.1, 0.15) is 31.1 Å². The zero-order valence-electron chi connectivity index (χ0n) is 17.6. The van der Waals surface area contributed by atoms with Crippen molar-refractivity contribution in [2.24, 2.45) is 7.05 Å². The molecule has 1 aromatic heterocycles. The first kappa shape index (κ1) is 22.0. The van der Waals surface area contributed by atoms with Crippen LogP contribution in [0.5, 0.6) is 0 Å². The topological polar surface area (TPSA) is 67.2 Å². The molecule has 1 atom stereocenters. The molecule has 1 N–H and O–H groups in total. The van der Waals surface area contributed by atoms with E-state index in [1.54, 1.807) is 13.1 Å². The molecule has 0 fully saturated rings. The van der Waals surface area contributed by atoms with Crippen LogP contribution in [0.25, 0.3) is 10.8 Å². The van der Waals surface area contributed by atoms with E-state index in [0.717, 1.165) is 18.7 Å². The van der Waals surface area contributed by atoms with E-state index in [1.165, 1.54) is 4.68 Å². The SMILES string of the molecule is CCN(CC)C(CNC(=O)Cc1nn(C)c(=O)c2ccccc12)c1ccccc1Cl. The molecule has 1 unspecified atom stereocenters. The first-order valence-electron chi connectivity index (χ1n) is 10.2. The van der Waals surface area contributed by atoms with Crippen molar-refractivity contribution in [2.45, 2.75) is 26.3 Å². The molecule has 0 saturated carbocycles. The Kier molecular flexibility index (Phi) is 7.24. The van der Waals surface area contributed by atoms with Gasteiger partial charge in [0.15, 0.2) is 0 Å². The van der Waals surface area contributed by atoms with Crippen molar-refractivity contribution in [3.8, 4) is 0 Å². The molecule has 3 aromatic rings. The number of halogens is 1. The van der Waals surface area contributed by atoms with E-state index in [4.69, 9.17) is 11.6 Å². The zero-order valence-corrected chi connectivity index (χ0v) is 18.3. The van der Waals surface area contributed by atoms with Crippen molar-refractivity contribution in [1.82, 2.24) is 20.0 Å². The lowest BCUT2D eigenvalue weighted by atomic mass is 10.0. The molecule has 30 heavy (non-hydrogen) atoms. The normalized spacial score (nSPS) is 12.3. The smallest absolute Gasteiger partial charge is 0.274 e. The van der Waals surface area contributed by atoms with Gasteiger partial charge in [0.2, 0.25) is 5.91 Å². The number of rotatable bonds is 8. The third kappa shape index (κ3) is 4.71. The third-order valence-corrected chi connectivity index (χ3v) is 5.72. The first-order valence-corrected chi connectivity index (χ1v) is 10.5. The number of carbonyl (C=O) groups is 1. The van der Waals surface area contributed by atoms with Crippen LogP contribution in [0.2, 0.25) is 5.02 Å². The van der Waals surface area contributed by atoms with E-state index in [1.807, 2.05) is 42.5 Å². The van der Waals surface area contributed by atoms with Gasteiger partial charge in [-0.15, -0.1) is 0 Å². The minimum absolute atomic E-state index is 0.0255. The number of fused-ring (bicyclic) bond motifs is 1. The fourth-order valence-corrected chi connectivity index (χ4v) is 4.04. The lowest BCUT2D eigenvalue weighted by molar-refractivity contribution is -0.120. The molecule has 0 bridgehead atoms. The zero-order chi connectivity index (χ0) is 21.7. The molecule has 158 valence electrons. The molecule has 6 nitrogen and oxygen atoms in total. The Balaban J connectivity index is 1.80. The van der Waals surface area contributed by atoms with Crippen molar-refractivity contribution >= 4 is 28.3 Å². The van der Waals surface area contributed by atoms with E-state index in [0.29, 0.717) is 28.0 Å². The van der Waals surface area contributed by atoms with Crippen LogP contribution in [0, 0.1) is 0 Å². The number of aromatic nitrogens is 2. The van der Waals surface area contributed by atoms with Gasteiger partial charge < -0.3 is 5.32 Å². The second-order valence-electron chi connectivity index (χ2n) is 7.16. The molecule has 0 saturated heterocycles. The molecule has 1 amide bonds. The van der Waals surface area contributed by atoms with Gasteiger partial charge >= 0.3 is 0 Å². The van der Waals surface area contributed by atoms with Gasteiger partial charge in [-0.2, -0.15) is 5.10 Å². The van der Waals surface area contributed by atoms with Crippen LogP contribution >= 0.6 is 11.6 Å². The van der Waals surface area contributed by atoms with E-state index in [9.17, 15) is 9.59 Å². The Morgan fingerprint density at radius 3 is 2.40 bits per heavy atom. The largest absolute Gasteiger partial charge is 0.354 e. The highest BCUT2D eigenvalue weighted by molar-refractivity contribution is 6.31. The molecule has 0 aliphatic rings. The molecular formula is C23H27ClN4O2. The Morgan fingerprint density at radius 2 is 1.73 bits per heavy atom. The maximum atomic E-state index is 12.8. The number of carbonyl (C=O) groups excluding carboxylic acids is 1. The minimum Gasteiger partial charge on any atom is -0.354 e. The van der Waals surface area contributed by atoms with Crippen molar-refractivity contribution in [1.29, 1.82) is 0 Å². The molecule has 0 spiro atoms. The summed E-state index contributed by atoms with van der Waals surface area (Å²) >= 11 is 6.44. The second kappa shape index (κ2) is 9.87. The van der Waals surface area contributed by atoms with Gasteiger partial charge in [0, 0.05) is 24.0 Å². The van der Waals surface area contributed by atoms with Gasteiger partial charge in [-0.25, -0.2) is 4.68 Å². The van der Waals surface area contributed by atoms with Crippen molar-refractivity contribution in [3.63, 3.8) is 0 Å². The predicted molar refractivity (Wildman–Crippen MR) is 121 cm³/mol. The molecule has 0 radical (unpaired) electrons. The minimum atomic E-state index is -0.171. The fourth-order valence-electron chi connectivity index (χ4n) is 3.78. The highest BCUT2D eigenvalue weighted by Crippen LogP contribution is 2.27. The van der Waals surface area contributed by atoms with Gasteiger partial charge in [-0.3, -0.25) is 14.5 Å². The number of likely N-dealkylation sites (N-methyl/N-ethyl adjacent to an activating group) is 1. The van der Waals surface area contributed by atoms with Crippen LogP contribution in [0.15, 0.2) is 53.3 Å². The van der Waals surface area contributed by atoms with Crippen LogP contribution in [0.4, 0.5) is 0 Å². The third-order valence-electron chi connectivity index (χ3n) is 5.37. The summed E-state index contributed by atoms with van der Waals surface area (Å²) in [6.07, 6.45) is 0.0993. The van der Waals surface area contributed by atoms with Gasteiger partial charge in [0.1, 0.15) is 0 Å². The summed E-state index contributed by atoms with van der Waals surface area (Å²) in [6, 6.07) is 15.0. The molecule has 2 aromatic carbocycles. The predicted octanol–water partition coefficient (Wildman–Crippen LogP) is 3.33. The van der Waals surface area contributed by atoms with Crippen molar-refractivity contribution in [3.05, 3.63) is 75.2 Å². The summed E-state index contributed by atoms with van der Waals surface area (Å²) in [5.74, 6) is -0.143. The molecule has 1 heterocycles. The van der Waals surface area contributed by atoms with Crippen LogP contribution in [0.3, 0.4) is 0 Å². The molecule has 0 aliphatic heterocycles. The average molecular weight is 427 g/mol. The van der Waals surface area contributed by atoms with Crippen LogP contribution in [-0.2, 0) is 18.3 Å². The summed E-state index contributed by atoms with van der Waals surface area (Å²) in [5.41, 5.74) is 1.41. The molecule has 7 heteroatoms. The maximum absolute atomic E-state index is 12.8. The Hall–Kier alpha value is -2.70. The Morgan fingerprint density at radius 1 is 1.10 bits per heavy atom. The highest BCUT2D eigenvalue weighted by Gasteiger charge is 2.21. The second-order valence-corrected chi connectivity index (χ2v) is 7.57. The molecular weight excluding hydrogens is 400 g/mol. The van der Waals surface area contributed by atoms with Crippen LogP contribution in [-0.4, -0.2) is 40.2 Å². The quantitative estimate of drug-likeness (QED) is 0.600. The summed E-state index contributed by atoms with van der Waals surface area (Å²) in [5, 5.41) is 9.32. The maximum Gasteiger partial charge on any atom is 0.274 e. The Bertz CT molecular complexity index is 1090. The van der Waals surface area contributed by atoms with E-state index in [2.05, 4.69) is 29.2 Å². The molecule has 0 aliphatic carbocycles.